The SMILES string of the molecule is CCCCC(=O)O.CCCCC(=O)O.CCOP(=S)(OCC)OP(=S)(OCC)OCC. The summed E-state index contributed by atoms with van der Waals surface area (Å²) >= 11 is 10.4. The summed E-state index contributed by atoms with van der Waals surface area (Å²) in [6, 6.07) is 0. The Kier molecular flexibility index (Phi) is 26.7. The van der Waals surface area contributed by atoms with Crippen LogP contribution >= 0.6 is 13.4 Å². The van der Waals surface area contributed by atoms with Crippen LogP contribution in [0.1, 0.15) is 80.1 Å². The molecule has 0 unspecified atom stereocenters. The minimum atomic E-state index is -2.87. The normalized spacial score (nSPS) is 11.0. The highest BCUT2D eigenvalue weighted by molar-refractivity contribution is 8.14. The third kappa shape index (κ3) is 26.2. The van der Waals surface area contributed by atoms with Crippen LogP contribution in [-0.2, 0) is 55.6 Å². The lowest BCUT2D eigenvalue weighted by Gasteiger charge is -2.27. The van der Waals surface area contributed by atoms with Crippen molar-refractivity contribution < 1.29 is 42.2 Å². The second-order valence-electron chi connectivity index (χ2n) is 5.64. The number of carbonyl (C=O) groups is 2. The second kappa shape index (κ2) is 23.2. The van der Waals surface area contributed by atoms with Gasteiger partial charge in [0.15, 0.2) is 0 Å². The maximum Gasteiger partial charge on any atom is 0.334 e. The van der Waals surface area contributed by atoms with Gasteiger partial charge in [-0.05, 0) is 64.2 Å². The van der Waals surface area contributed by atoms with E-state index in [9.17, 15) is 9.59 Å². The summed E-state index contributed by atoms with van der Waals surface area (Å²) in [5.74, 6) is -1.39. The zero-order chi connectivity index (χ0) is 24.8. The Labute approximate surface area is 197 Å². The van der Waals surface area contributed by atoms with E-state index in [1.165, 1.54) is 0 Å². The summed E-state index contributed by atoms with van der Waals surface area (Å²) in [6.45, 7) is 7.04. The first-order valence-electron chi connectivity index (χ1n) is 10.4. The van der Waals surface area contributed by atoms with Gasteiger partial charge in [0.2, 0.25) is 0 Å². The molecule has 0 radical (unpaired) electrons. The van der Waals surface area contributed by atoms with Gasteiger partial charge >= 0.3 is 25.4 Å². The largest absolute Gasteiger partial charge is 0.481 e. The third-order valence-corrected chi connectivity index (χ3v) is 9.20. The highest BCUT2D eigenvalue weighted by atomic mass is 32.5. The van der Waals surface area contributed by atoms with Crippen molar-refractivity contribution in [3.05, 3.63) is 0 Å². The molecule has 0 aromatic heterocycles. The molecule has 0 atom stereocenters. The van der Waals surface area contributed by atoms with Crippen molar-refractivity contribution in [3.8, 4) is 0 Å². The Morgan fingerprint density at radius 1 is 0.645 bits per heavy atom. The van der Waals surface area contributed by atoms with Gasteiger partial charge in [-0.1, -0.05) is 26.7 Å². The molecule has 0 rings (SSSR count). The van der Waals surface area contributed by atoms with Crippen LogP contribution in [0.2, 0.25) is 0 Å². The molecule has 0 aliphatic heterocycles. The summed E-state index contributed by atoms with van der Waals surface area (Å²) in [4.78, 5) is 19.5. The van der Waals surface area contributed by atoms with Crippen LogP contribution in [0.15, 0.2) is 0 Å². The van der Waals surface area contributed by atoms with Gasteiger partial charge in [0.05, 0.1) is 26.4 Å². The van der Waals surface area contributed by atoms with Crippen molar-refractivity contribution in [1.82, 2.24) is 0 Å². The van der Waals surface area contributed by atoms with Crippen LogP contribution in [0.25, 0.3) is 0 Å². The summed E-state index contributed by atoms with van der Waals surface area (Å²) in [5, 5.41) is 16.1. The summed E-state index contributed by atoms with van der Waals surface area (Å²) < 4.78 is 26.9. The quantitative estimate of drug-likeness (QED) is 0.226. The number of hydrogen-bond acceptors (Lipinski definition) is 9. The van der Waals surface area contributed by atoms with Crippen molar-refractivity contribution in [2.45, 2.75) is 80.1 Å². The van der Waals surface area contributed by atoms with E-state index in [0.717, 1.165) is 25.7 Å². The molecular weight excluding hydrogens is 486 g/mol. The van der Waals surface area contributed by atoms with Gasteiger partial charge in [0.25, 0.3) is 0 Å². The molecule has 0 fully saturated rings. The Hall–Kier alpha value is 0.0400. The molecule has 9 nitrogen and oxygen atoms in total. The summed E-state index contributed by atoms with van der Waals surface area (Å²) in [7, 11) is 0. The van der Waals surface area contributed by atoms with Gasteiger partial charge in [-0.15, -0.1) is 0 Å². The predicted octanol–water partition coefficient (Wildman–Crippen LogP) is 6.12. The van der Waals surface area contributed by atoms with E-state index in [1.54, 1.807) is 0 Å². The van der Waals surface area contributed by atoms with Gasteiger partial charge in [0.1, 0.15) is 0 Å². The molecule has 0 saturated carbocycles. The van der Waals surface area contributed by atoms with Crippen LogP contribution in [0.4, 0.5) is 0 Å². The first-order chi connectivity index (χ1) is 14.5. The molecule has 0 spiro atoms. The highest BCUT2D eigenvalue weighted by Gasteiger charge is 2.31. The molecule has 13 heteroatoms. The van der Waals surface area contributed by atoms with E-state index in [1.807, 2.05) is 41.5 Å². The molecule has 0 amide bonds. The first kappa shape index (κ1) is 35.6. The van der Waals surface area contributed by atoms with E-state index in [0.29, 0.717) is 39.3 Å². The van der Waals surface area contributed by atoms with E-state index in [2.05, 4.69) is 0 Å². The summed E-state index contributed by atoms with van der Waals surface area (Å²) in [6.07, 6.45) is 4.16. The van der Waals surface area contributed by atoms with Gasteiger partial charge in [-0.2, -0.15) is 0 Å². The van der Waals surface area contributed by atoms with Gasteiger partial charge in [0, 0.05) is 12.8 Å². The fourth-order valence-electron chi connectivity index (χ4n) is 1.58. The van der Waals surface area contributed by atoms with Crippen molar-refractivity contribution in [3.63, 3.8) is 0 Å². The number of rotatable bonds is 16. The third-order valence-electron chi connectivity index (χ3n) is 2.84. The number of carboxylic acid groups (broad SMARTS) is 2. The number of carboxylic acids is 2. The van der Waals surface area contributed by atoms with E-state index in [4.69, 9.17) is 56.2 Å². The fraction of sp³-hybridized carbons (Fsp3) is 0.889. The topological polar surface area (TPSA) is 121 Å². The lowest BCUT2D eigenvalue weighted by molar-refractivity contribution is -0.138. The minimum Gasteiger partial charge on any atom is -0.481 e. The molecule has 31 heavy (non-hydrogen) atoms. The lowest BCUT2D eigenvalue weighted by Crippen LogP contribution is -2.03. The summed E-state index contributed by atoms with van der Waals surface area (Å²) in [5.41, 5.74) is 0. The smallest absolute Gasteiger partial charge is 0.334 e. The van der Waals surface area contributed by atoms with Crippen LogP contribution < -0.4 is 0 Å². The molecule has 0 aliphatic carbocycles. The molecule has 0 bridgehead atoms. The maximum absolute atomic E-state index is 9.76. The zero-order valence-corrected chi connectivity index (χ0v) is 23.0. The van der Waals surface area contributed by atoms with Crippen molar-refractivity contribution in [2.24, 2.45) is 0 Å². The molecule has 188 valence electrons. The van der Waals surface area contributed by atoms with Crippen molar-refractivity contribution >= 4 is 49.0 Å². The van der Waals surface area contributed by atoms with Gasteiger partial charge in [-0.3, -0.25) is 9.59 Å². The Bertz CT molecular complexity index is 482. The van der Waals surface area contributed by atoms with E-state index in [-0.39, 0.29) is 0 Å². The van der Waals surface area contributed by atoms with E-state index >= 15 is 0 Å². The van der Waals surface area contributed by atoms with Crippen LogP contribution in [0.5, 0.6) is 0 Å². The van der Waals surface area contributed by atoms with Crippen molar-refractivity contribution in [2.75, 3.05) is 26.4 Å². The van der Waals surface area contributed by atoms with Gasteiger partial charge < -0.3 is 28.3 Å². The molecule has 0 saturated heterocycles. The standard InChI is InChI=1S/C8H20O5P2S2.2C5H10O2/c1-5-9-14(16,10-6-2)13-15(17,11-7-3)12-8-4;2*1-2-3-4-5(6)7/h5-8H2,1-4H3;2*2-4H2,1H3,(H,6,7). The average molecular weight is 527 g/mol. The first-order valence-corrected chi connectivity index (χ1v) is 15.5. The fourth-order valence-corrected chi connectivity index (χ4v) is 7.95. The molecule has 2 N–H and O–H groups in total. The highest BCUT2D eigenvalue weighted by Crippen LogP contribution is 2.66. The Morgan fingerprint density at radius 3 is 1.03 bits per heavy atom. The molecule has 0 heterocycles. The molecule has 0 aromatic rings. The Balaban J connectivity index is -0.000000460. The van der Waals surface area contributed by atoms with Crippen molar-refractivity contribution in [1.29, 1.82) is 0 Å². The average Bonchev–Trinajstić information content (AvgIpc) is 2.66. The zero-order valence-electron chi connectivity index (χ0n) is 19.5. The monoisotopic (exact) mass is 526 g/mol. The Morgan fingerprint density at radius 2 is 0.903 bits per heavy atom. The number of unbranched alkanes of at least 4 members (excludes halogenated alkanes) is 2. The predicted molar refractivity (Wildman–Crippen MR) is 130 cm³/mol. The molecule has 0 aromatic carbocycles. The lowest BCUT2D eigenvalue weighted by atomic mass is 10.3. The second-order valence-corrected chi connectivity index (χ2v) is 11.8. The number of hydrogen-bond donors (Lipinski definition) is 2. The maximum atomic E-state index is 9.76. The van der Waals surface area contributed by atoms with Gasteiger partial charge in [-0.25, -0.2) is 4.31 Å². The van der Waals surface area contributed by atoms with Crippen LogP contribution in [0, 0.1) is 0 Å². The minimum absolute atomic E-state index is 0.316. The molecular formula is C18H40O9P2S2. The van der Waals surface area contributed by atoms with Crippen LogP contribution in [0.3, 0.4) is 0 Å². The van der Waals surface area contributed by atoms with E-state index < -0.39 is 25.4 Å². The molecule has 0 aliphatic rings. The number of aliphatic carboxylic acids is 2. The van der Waals surface area contributed by atoms with Crippen LogP contribution in [-0.4, -0.2) is 48.6 Å².